The van der Waals surface area contributed by atoms with Gasteiger partial charge in [-0.2, -0.15) is 4.52 Å². The van der Waals surface area contributed by atoms with Crippen LogP contribution in [-0.2, 0) is 17.8 Å². The molecular weight excluding hydrogens is 352 g/mol. The fourth-order valence-electron chi connectivity index (χ4n) is 3.92. The van der Waals surface area contributed by atoms with E-state index in [4.69, 9.17) is 5.10 Å². The van der Waals surface area contributed by atoms with Gasteiger partial charge in [-0.1, -0.05) is 30.3 Å². The van der Waals surface area contributed by atoms with Gasteiger partial charge in [-0.25, -0.2) is 0 Å². The van der Waals surface area contributed by atoms with Crippen LogP contribution in [0.1, 0.15) is 23.9 Å². The molecule has 1 aliphatic rings. The monoisotopic (exact) mass is 372 g/mol. The summed E-state index contributed by atoms with van der Waals surface area (Å²) in [6.07, 6.45) is 0.935. The Kier molecular flexibility index (Phi) is 3.75. The highest BCUT2D eigenvalue weighted by atomic mass is 16.1. The van der Waals surface area contributed by atoms with Gasteiger partial charge in [0, 0.05) is 36.5 Å². The van der Waals surface area contributed by atoms with Gasteiger partial charge in [0.2, 0.25) is 5.91 Å². The lowest BCUT2D eigenvalue weighted by Gasteiger charge is -2.31. The second-order valence-electron chi connectivity index (χ2n) is 7.19. The normalized spacial score (nSPS) is 13.7. The number of anilines is 2. The number of amides is 1. The second kappa shape index (κ2) is 6.30. The molecule has 0 spiro atoms. The number of hydrogen-bond acceptors (Lipinski definition) is 5. The summed E-state index contributed by atoms with van der Waals surface area (Å²) in [5.74, 6) is 1.64. The molecule has 0 aliphatic carbocycles. The highest BCUT2D eigenvalue weighted by Crippen LogP contribution is 2.31. The number of fused-ring (bicyclic) bond motifs is 4. The number of benzene rings is 2. The number of nitrogens with zero attached hydrogens (tertiary/aromatic N) is 5. The zero-order valence-electron chi connectivity index (χ0n) is 15.8. The van der Waals surface area contributed by atoms with Gasteiger partial charge in [0.25, 0.3) is 0 Å². The van der Waals surface area contributed by atoms with Crippen molar-refractivity contribution in [3.8, 4) is 0 Å². The summed E-state index contributed by atoms with van der Waals surface area (Å²) >= 11 is 0. The molecule has 7 heteroatoms. The smallest absolute Gasteiger partial charge is 0.221 e. The summed E-state index contributed by atoms with van der Waals surface area (Å²) in [7, 11) is 0. The zero-order chi connectivity index (χ0) is 19.3. The first-order chi connectivity index (χ1) is 13.6. The van der Waals surface area contributed by atoms with Crippen LogP contribution >= 0.6 is 0 Å². The first kappa shape index (κ1) is 16.7. The minimum absolute atomic E-state index is 0.0613. The summed E-state index contributed by atoms with van der Waals surface area (Å²) in [5, 5.41) is 18.4. The Labute approximate surface area is 162 Å². The van der Waals surface area contributed by atoms with Crippen molar-refractivity contribution in [2.75, 3.05) is 16.8 Å². The van der Waals surface area contributed by atoms with E-state index in [1.54, 1.807) is 0 Å². The van der Waals surface area contributed by atoms with Crippen LogP contribution in [0.2, 0.25) is 0 Å². The SMILES string of the molecule is CC(=O)Nc1ccc2c(c1)CN(c1nn3c(C)nnc3c3ccccc13)CC2. The Bertz CT molecular complexity index is 1230. The van der Waals surface area contributed by atoms with E-state index < -0.39 is 0 Å². The molecule has 4 aromatic rings. The van der Waals surface area contributed by atoms with Crippen LogP contribution in [0.3, 0.4) is 0 Å². The van der Waals surface area contributed by atoms with Gasteiger partial charge in [-0.05, 0) is 36.6 Å². The molecule has 0 radical (unpaired) electrons. The van der Waals surface area contributed by atoms with Crippen molar-refractivity contribution < 1.29 is 4.79 Å². The maximum atomic E-state index is 11.4. The van der Waals surface area contributed by atoms with Gasteiger partial charge >= 0.3 is 0 Å². The Morgan fingerprint density at radius 2 is 1.89 bits per heavy atom. The molecule has 7 nitrogen and oxygen atoms in total. The number of rotatable bonds is 2. The van der Waals surface area contributed by atoms with Crippen LogP contribution in [0.4, 0.5) is 11.5 Å². The maximum Gasteiger partial charge on any atom is 0.221 e. The summed E-state index contributed by atoms with van der Waals surface area (Å²) in [4.78, 5) is 13.7. The molecule has 2 aromatic carbocycles. The fourth-order valence-corrected chi connectivity index (χ4v) is 3.92. The molecule has 3 heterocycles. The first-order valence-corrected chi connectivity index (χ1v) is 9.35. The number of carbonyl (C=O) groups is 1. The lowest BCUT2D eigenvalue weighted by Crippen LogP contribution is -2.31. The number of hydrogen-bond donors (Lipinski definition) is 1. The van der Waals surface area contributed by atoms with E-state index in [1.165, 1.54) is 18.1 Å². The summed E-state index contributed by atoms with van der Waals surface area (Å²) in [6, 6.07) is 14.3. The Morgan fingerprint density at radius 1 is 1.07 bits per heavy atom. The Morgan fingerprint density at radius 3 is 2.71 bits per heavy atom. The summed E-state index contributed by atoms with van der Waals surface area (Å²) < 4.78 is 1.82. The molecule has 0 unspecified atom stereocenters. The lowest BCUT2D eigenvalue weighted by atomic mass is 9.98. The minimum atomic E-state index is -0.0613. The molecule has 0 saturated heterocycles. The number of carbonyl (C=O) groups excluding carboxylic acids is 1. The van der Waals surface area contributed by atoms with Crippen LogP contribution in [0.25, 0.3) is 16.4 Å². The lowest BCUT2D eigenvalue weighted by molar-refractivity contribution is -0.114. The van der Waals surface area contributed by atoms with Crippen molar-refractivity contribution in [3.63, 3.8) is 0 Å². The minimum Gasteiger partial charge on any atom is -0.350 e. The van der Waals surface area contributed by atoms with Gasteiger partial charge in [-0.15, -0.1) is 15.3 Å². The molecule has 5 rings (SSSR count). The molecule has 1 amide bonds. The van der Waals surface area contributed by atoms with Gasteiger partial charge in [0.15, 0.2) is 17.3 Å². The quantitative estimate of drug-likeness (QED) is 0.585. The third-order valence-corrected chi connectivity index (χ3v) is 5.24. The third kappa shape index (κ3) is 2.67. The standard InChI is InChI=1S/C21H20N6O/c1-13-23-24-20-18-5-3-4-6-19(18)21(25-27(13)20)26-10-9-15-7-8-17(22-14(2)28)11-16(15)12-26/h3-8,11H,9-10,12H2,1-2H3,(H,22,28). The second-order valence-corrected chi connectivity index (χ2v) is 7.19. The van der Waals surface area contributed by atoms with Crippen LogP contribution in [0.5, 0.6) is 0 Å². The molecule has 1 aliphatic heterocycles. The highest BCUT2D eigenvalue weighted by Gasteiger charge is 2.22. The summed E-state index contributed by atoms with van der Waals surface area (Å²) in [6.45, 7) is 5.07. The Hall–Kier alpha value is -3.48. The van der Waals surface area contributed by atoms with Gasteiger partial charge in [0.05, 0.1) is 0 Å². The molecule has 0 saturated carbocycles. The zero-order valence-corrected chi connectivity index (χ0v) is 15.8. The van der Waals surface area contributed by atoms with Crippen molar-refractivity contribution in [3.05, 3.63) is 59.4 Å². The molecule has 1 N–H and O–H groups in total. The largest absolute Gasteiger partial charge is 0.350 e. The molecule has 2 aromatic heterocycles. The number of nitrogens with one attached hydrogen (secondary N) is 1. The first-order valence-electron chi connectivity index (χ1n) is 9.35. The van der Waals surface area contributed by atoms with Crippen LogP contribution < -0.4 is 10.2 Å². The van der Waals surface area contributed by atoms with E-state index in [2.05, 4.69) is 44.7 Å². The molecule has 0 fully saturated rings. The highest BCUT2D eigenvalue weighted by molar-refractivity contribution is 6.00. The van der Waals surface area contributed by atoms with Gasteiger partial charge < -0.3 is 10.2 Å². The molecule has 0 bridgehead atoms. The van der Waals surface area contributed by atoms with Crippen LogP contribution in [-0.4, -0.2) is 32.3 Å². The van der Waals surface area contributed by atoms with Crippen LogP contribution in [0, 0.1) is 6.92 Å². The van der Waals surface area contributed by atoms with Crippen molar-refractivity contribution in [1.29, 1.82) is 0 Å². The summed E-state index contributed by atoms with van der Waals surface area (Å²) in [5.41, 5.74) is 4.14. The predicted molar refractivity (Wildman–Crippen MR) is 109 cm³/mol. The van der Waals surface area contributed by atoms with Crippen LogP contribution in [0.15, 0.2) is 42.5 Å². The molecular formula is C21H20N6O. The van der Waals surface area contributed by atoms with Gasteiger partial charge in [0.1, 0.15) is 0 Å². The average molecular weight is 372 g/mol. The van der Waals surface area contributed by atoms with E-state index >= 15 is 0 Å². The van der Waals surface area contributed by atoms with E-state index in [-0.39, 0.29) is 5.91 Å². The third-order valence-electron chi connectivity index (χ3n) is 5.24. The molecule has 28 heavy (non-hydrogen) atoms. The van der Waals surface area contributed by atoms with Crippen molar-refractivity contribution in [1.82, 2.24) is 19.8 Å². The average Bonchev–Trinajstić information content (AvgIpc) is 3.07. The number of aryl methyl sites for hydroxylation is 1. The fraction of sp³-hybridized carbons (Fsp3) is 0.238. The van der Waals surface area contributed by atoms with Crippen molar-refractivity contribution in [2.24, 2.45) is 0 Å². The van der Waals surface area contributed by atoms with Gasteiger partial charge in [-0.3, -0.25) is 4.79 Å². The predicted octanol–water partition coefficient (Wildman–Crippen LogP) is 3.11. The van der Waals surface area contributed by atoms with E-state index in [0.717, 1.165) is 53.3 Å². The van der Waals surface area contributed by atoms with E-state index in [9.17, 15) is 4.79 Å². The molecule has 0 atom stereocenters. The van der Waals surface area contributed by atoms with Crippen molar-refractivity contribution in [2.45, 2.75) is 26.8 Å². The van der Waals surface area contributed by atoms with E-state index in [1.807, 2.05) is 29.6 Å². The maximum absolute atomic E-state index is 11.4. The Balaban J connectivity index is 1.61. The topological polar surface area (TPSA) is 75.4 Å². The van der Waals surface area contributed by atoms with E-state index in [0.29, 0.717) is 0 Å². The van der Waals surface area contributed by atoms with Crippen molar-refractivity contribution >= 4 is 33.8 Å². The number of aromatic nitrogens is 4. The molecule has 140 valence electrons.